The van der Waals surface area contributed by atoms with Gasteiger partial charge in [0.25, 0.3) is 0 Å². The van der Waals surface area contributed by atoms with E-state index in [2.05, 4.69) is 0 Å². The van der Waals surface area contributed by atoms with E-state index < -0.39 is 0 Å². The highest BCUT2D eigenvalue weighted by Gasteiger charge is 2.08. The van der Waals surface area contributed by atoms with Gasteiger partial charge in [-0.25, -0.2) is 4.39 Å². The zero-order valence-corrected chi connectivity index (χ0v) is 9.61. The minimum atomic E-state index is -0.271. The van der Waals surface area contributed by atoms with Crippen LogP contribution in [-0.2, 0) is 11.3 Å². The Kier molecular flexibility index (Phi) is 4.70. The van der Waals surface area contributed by atoms with Crippen molar-refractivity contribution in [1.82, 2.24) is 4.90 Å². The Morgan fingerprint density at radius 3 is 2.81 bits per heavy atom. The Labute approximate surface area is 95.4 Å². The van der Waals surface area contributed by atoms with Crippen LogP contribution in [0.15, 0.2) is 36.4 Å². The van der Waals surface area contributed by atoms with Crippen molar-refractivity contribution in [3.8, 4) is 0 Å². The molecule has 0 saturated carbocycles. The largest absolute Gasteiger partial charge is 0.335 e. The second-order valence-corrected chi connectivity index (χ2v) is 3.48. The molecule has 0 unspecified atom stereocenters. The number of hydrogen-bond donors (Lipinski definition) is 0. The zero-order valence-electron chi connectivity index (χ0n) is 9.61. The molecule has 0 fully saturated rings. The Balaban J connectivity index is 2.74. The summed E-state index contributed by atoms with van der Waals surface area (Å²) in [7, 11) is 0. The number of likely N-dealkylation sites (N-methyl/N-ethyl adjacent to an activating group) is 1. The number of carbonyl (C=O) groups excluding carboxylic acids is 1. The quantitative estimate of drug-likeness (QED) is 0.716. The fraction of sp³-hybridized carbons (Fsp3) is 0.308. The maximum Gasteiger partial charge on any atom is 0.246 e. The van der Waals surface area contributed by atoms with Crippen LogP contribution in [0.3, 0.4) is 0 Å². The van der Waals surface area contributed by atoms with Crippen molar-refractivity contribution in [1.29, 1.82) is 0 Å². The molecule has 3 heteroatoms. The third-order valence-electron chi connectivity index (χ3n) is 2.27. The molecule has 1 rings (SSSR count). The van der Waals surface area contributed by atoms with Gasteiger partial charge in [-0.05, 0) is 37.6 Å². The standard InChI is InChI=1S/C13H16FNO/c1-3-6-13(16)15(4-2)10-11-7-5-8-12(14)9-11/h3,5-9H,4,10H2,1-2H3. The van der Waals surface area contributed by atoms with Crippen LogP contribution in [0.1, 0.15) is 19.4 Å². The molecular formula is C13H16FNO. The molecule has 86 valence electrons. The van der Waals surface area contributed by atoms with E-state index in [0.717, 1.165) is 5.56 Å². The molecule has 1 aromatic rings. The predicted molar refractivity (Wildman–Crippen MR) is 62.3 cm³/mol. The third-order valence-corrected chi connectivity index (χ3v) is 2.27. The Hall–Kier alpha value is -1.64. The maximum absolute atomic E-state index is 13.0. The molecule has 0 spiro atoms. The third kappa shape index (κ3) is 3.50. The van der Waals surface area contributed by atoms with Crippen LogP contribution in [-0.4, -0.2) is 17.4 Å². The van der Waals surface area contributed by atoms with Crippen molar-refractivity contribution in [2.45, 2.75) is 20.4 Å². The van der Waals surface area contributed by atoms with Gasteiger partial charge in [0.1, 0.15) is 5.82 Å². The van der Waals surface area contributed by atoms with Gasteiger partial charge in [-0.15, -0.1) is 0 Å². The Morgan fingerprint density at radius 1 is 1.50 bits per heavy atom. The number of benzene rings is 1. The van der Waals surface area contributed by atoms with Crippen molar-refractivity contribution in [3.05, 3.63) is 47.8 Å². The number of amides is 1. The fourth-order valence-corrected chi connectivity index (χ4v) is 1.45. The highest BCUT2D eigenvalue weighted by atomic mass is 19.1. The van der Waals surface area contributed by atoms with Gasteiger partial charge in [0.15, 0.2) is 0 Å². The van der Waals surface area contributed by atoms with E-state index in [1.54, 1.807) is 24.0 Å². The summed E-state index contributed by atoms with van der Waals surface area (Å²) in [4.78, 5) is 13.3. The summed E-state index contributed by atoms with van der Waals surface area (Å²) in [6, 6.07) is 6.31. The van der Waals surface area contributed by atoms with Crippen molar-refractivity contribution < 1.29 is 9.18 Å². The summed E-state index contributed by atoms with van der Waals surface area (Å²) < 4.78 is 13.0. The minimum Gasteiger partial charge on any atom is -0.335 e. The summed E-state index contributed by atoms with van der Waals surface area (Å²) in [5.74, 6) is -0.318. The summed E-state index contributed by atoms with van der Waals surface area (Å²) >= 11 is 0. The van der Waals surface area contributed by atoms with E-state index in [1.807, 2.05) is 13.0 Å². The number of carbonyl (C=O) groups is 1. The Bertz CT molecular complexity index is 387. The van der Waals surface area contributed by atoms with Gasteiger partial charge in [0, 0.05) is 13.1 Å². The molecule has 0 aromatic heterocycles. The summed E-state index contributed by atoms with van der Waals surface area (Å²) in [6.07, 6.45) is 3.22. The van der Waals surface area contributed by atoms with Crippen LogP contribution in [0.5, 0.6) is 0 Å². The fourth-order valence-electron chi connectivity index (χ4n) is 1.45. The first-order valence-corrected chi connectivity index (χ1v) is 5.33. The van der Waals surface area contributed by atoms with Gasteiger partial charge >= 0.3 is 0 Å². The topological polar surface area (TPSA) is 20.3 Å². The molecule has 0 aliphatic carbocycles. The lowest BCUT2D eigenvalue weighted by atomic mass is 10.2. The average molecular weight is 221 g/mol. The van der Waals surface area contributed by atoms with Crippen LogP contribution < -0.4 is 0 Å². The first-order valence-electron chi connectivity index (χ1n) is 5.33. The molecule has 0 saturated heterocycles. The number of allylic oxidation sites excluding steroid dienone is 1. The van der Waals surface area contributed by atoms with E-state index in [4.69, 9.17) is 0 Å². The lowest BCUT2D eigenvalue weighted by Crippen LogP contribution is -2.28. The van der Waals surface area contributed by atoms with Gasteiger partial charge in [0.05, 0.1) is 0 Å². The second-order valence-electron chi connectivity index (χ2n) is 3.48. The highest BCUT2D eigenvalue weighted by Crippen LogP contribution is 2.07. The van der Waals surface area contributed by atoms with Gasteiger partial charge < -0.3 is 4.90 Å². The van der Waals surface area contributed by atoms with Crippen LogP contribution >= 0.6 is 0 Å². The zero-order chi connectivity index (χ0) is 12.0. The SMILES string of the molecule is CC=CC(=O)N(CC)Cc1cccc(F)c1. The number of halogens is 1. The second kappa shape index (κ2) is 6.05. The van der Waals surface area contributed by atoms with Crippen molar-refractivity contribution in [3.63, 3.8) is 0 Å². The van der Waals surface area contributed by atoms with Gasteiger partial charge in [-0.2, -0.15) is 0 Å². The summed E-state index contributed by atoms with van der Waals surface area (Å²) in [5.41, 5.74) is 0.805. The molecular weight excluding hydrogens is 205 g/mol. The molecule has 2 nitrogen and oxygen atoms in total. The van der Waals surface area contributed by atoms with Crippen LogP contribution in [0.2, 0.25) is 0 Å². The maximum atomic E-state index is 13.0. The summed E-state index contributed by atoms with van der Waals surface area (Å²) in [6.45, 7) is 4.76. The van der Waals surface area contributed by atoms with E-state index in [-0.39, 0.29) is 11.7 Å². The van der Waals surface area contributed by atoms with Gasteiger partial charge in [0.2, 0.25) is 5.91 Å². The van der Waals surface area contributed by atoms with Gasteiger partial charge in [-0.3, -0.25) is 4.79 Å². The molecule has 0 heterocycles. The van der Waals surface area contributed by atoms with E-state index in [1.165, 1.54) is 18.2 Å². The van der Waals surface area contributed by atoms with Gasteiger partial charge in [-0.1, -0.05) is 18.2 Å². The monoisotopic (exact) mass is 221 g/mol. The highest BCUT2D eigenvalue weighted by molar-refractivity contribution is 5.87. The van der Waals surface area contributed by atoms with Crippen molar-refractivity contribution in [2.24, 2.45) is 0 Å². The predicted octanol–water partition coefficient (Wildman–Crippen LogP) is 2.75. The lowest BCUT2D eigenvalue weighted by Gasteiger charge is -2.19. The van der Waals surface area contributed by atoms with E-state index in [0.29, 0.717) is 13.1 Å². The normalized spacial score (nSPS) is 10.7. The molecule has 1 aromatic carbocycles. The molecule has 0 radical (unpaired) electrons. The molecule has 0 aliphatic heterocycles. The van der Waals surface area contributed by atoms with E-state index in [9.17, 15) is 9.18 Å². The first kappa shape index (κ1) is 12.4. The van der Waals surface area contributed by atoms with Crippen molar-refractivity contribution in [2.75, 3.05) is 6.54 Å². The smallest absolute Gasteiger partial charge is 0.246 e. The molecule has 0 bridgehead atoms. The Morgan fingerprint density at radius 2 is 2.25 bits per heavy atom. The molecule has 0 atom stereocenters. The molecule has 16 heavy (non-hydrogen) atoms. The number of nitrogens with zero attached hydrogens (tertiary/aromatic N) is 1. The van der Waals surface area contributed by atoms with E-state index >= 15 is 0 Å². The van der Waals surface area contributed by atoms with Crippen LogP contribution in [0.4, 0.5) is 4.39 Å². The molecule has 0 aliphatic rings. The van der Waals surface area contributed by atoms with Crippen LogP contribution in [0.25, 0.3) is 0 Å². The lowest BCUT2D eigenvalue weighted by molar-refractivity contribution is -0.126. The minimum absolute atomic E-state index is 0.0470. The summed E-state index contributed by atoms with van der Waals surface area (Å²) in [5, 5.41) is 0. The molecule has 1 amide bonds. The first-order chi connectivity index (χ1) is 7.67. The van der Waals surface area contributed by atoms with Crippen molar-refractivity contribution >= 4 is 5.91 Å². The average Bonchev–Trinajstić information content (AvgIpc) is 2.26. The number of rotatable bonds is 4. The molecule has 0 N–H and O–H groups in total. The number of hydrogen-bond acceptors (Lipinski definition) is 1. The van der Waals surface area contributed by atoms with Crippen LogP contribution in [0, 0.1) is 5.82 Å².